The van der Waals surface area contributed by atoms with Crippen molar-refractivity contribution in [2.45, 2.75) is 91.4 Å². The summed E-state index contributed by atoms with van der Waals surface area (Å²) in [5, 5.41) is 1.60. The van der Waals surface area contributed by atoms with Crippen molar-refractivity contribution in [3.63, 3.8) is 0 Å². The van der Waals surface area contributed by atoms with Crippen LogP contribution in [0.2, 0.25) is 0 Å². The van der Waals surface area contributed by atoms with Crippen molar-refractivity contribution in [3.05, 3.63) is 0 Å². The van der Waals surface area contributed by atoms with E-state index in [4.69, 9.17) is 4.84 Å². The molecule has 0 spiro atoms. The van der Waals surface area contributed by atoms with Gasteiger partial charge in [0.1, 0.15) is 0 Å². The molecule has 0 N–H and O–H groups in total. The van der Waals surface area contributed by atoms with E-state index < -0.39 is 0 Å². The minimum Gasteiger partial charge on any atom is -0.273 e. The number of unbranched alkanes of at least 4 members (excludes halogenated alkanes) is 7. The van der Waals surface area contributed by atoms with Crippen LogP contribution in [0.3, 0.4) is 0 Å². The molecule has 0 saturated carbocycles. The van der Waals surface area contributed by atoms with Crippen molar-refractivity contribution in [1.29, 1.82) is 0 Å². The Kier molecular flexibility index (Phi) is 14.4. The first kappa shape index (κ1) is 19.4. The molecule has 0 radical (unpaired) electrons. The lowest BCUT2D eigenvalue weighted by Crippen LogP contribution is -2.32. The van der Waals surface area contributed by atoms with Gasteiger partial charge in [0.05, 0.1) is 6.61 Å². The number of nitrogens with zero attached hydrogens (tertiary/aromatic N) is 1. The quantitative estimate of drug-likeness (QED) is 0.328. The Morgan fingerprint density at radius 3 is 2.00 bits per heavy atom. The van der Waals surface area contributed by atoms with Gasteiger partial charge < -0.3 is 0 Å². The highest BCUT2D eigenvalue weighted by molar-refractivity contribution is 5.74. The second-order valence-electron chi connectivity index (χ2n) is 5.55. The molecule has 3 heteroatoms. The highest BCUT2D eigenvalue weighted by atomic mass is 16.7. The lowest BCUT2D eigenvalue weighted by Gasteiger charge is -2.21. The Morgan fingerprint density at radius 1 is 0.800 bits per heavy atom. The third-order valence-electron chi connectivity index (χ3n) is 3.44. The van der Waals surface area contributed by atoms with Crippen molar-refractivity contribution < 1.29 is 9.63 Å². The Morgan fingerprint density at radius 2 is 1.40 bits per heavy atom. The fraction of sp³-hybridized carbons (Fsp3) is 0.941. The summed E-state index contributed by atoms with van der Waals surface area (Å²) in [6.07, 6.45) is 12.4. The van der Waals surface area contributed by atoms with Gasteiger partial charge in [0.15, 0.2) is 0 Å². The first-order valence-corrected chi connectivity index (χ1v) is 8.69. The Hall–Kier alpha value is -0.570. The molecule has 0 unspecified atom stereocenters. The lowest BCUT2D eigenvalue weighted by atomic mass is 10.1. The Bertz CT molecular complexity index is 211. The third-order valence-corrected chi connectivity index (χ3v) is 3.44. The lowest BCUT2D eigenvalue weighted by molar-refractivity contribution is -0.187. The van der Waals surface area contributed by atoms with Gasteiger partial charge in [-0.25, -0.2) is 5.06 Å². The first-order valence-electron chi connectivity index (χ1n) is 8.69. The molecular formula is C17H35NO2. The van der Waals surface area contributed by atoms with Gasteiger partial charge in [-0.3, -0.25) is 9.63 Å². The molecule has 0 rings (SSSR count). The predicted molar refractivity (Wildman–Crippen MR) is 85.5 cm³/mol. The number of hydroxylamine groups is 2. The molecule has 0 aliphatic rings. The molecule has 0 atom stereocenters. The van der Waals surface area contributed by atoms with Crippen LogP contribution in [0, 0.1) is 0 Å². The van der Waals surface area contributed by atoms with E-state index in [9.17, 15) is 4.79 Å². The molecule has 0 aromatic rings. The van der Waals surface area contributed by atoms with E-state index in [1.165, 1.54) is 38.5 Å². The van der Waals surface area contributed by atoms with Gasteiger partial charge >= 0.3 is 0 Å². The minimum absolute atomic E-state index is 0.167. The highest BCUT2D eigenvalue weighted by Crippen LogP contribution is 2.10. The van der Waals surface area contributed by atoms with Gasteiger partial charge in [-0.05, 0) is 19.3 Å². The zero-order chi connectivity index (χ0) is 15.1. The predicted octanol–water partition coefficient (Wildman–Crippen LogP) is 5.10. The van der Waals surface area contributed by atoms with Crippen LogP contribution in [0.5, 0.6) is 0 Å². The second kappa shape index (κ2) is 14.8. The normalized spacial score (nSPS) is 10.8. The molecule has 0 saturated heterocycles. The average molecular weight is 285 g/mol. The number of amides is 1. The third kappa shape index (κ3) is 11.3. The van der Waals surface area contributed by atoms with Gasteiger partial charge in [0, 0.05) is 13.0 Å². The van der Waals surface area contributed by atoms with Crippen LogP contribution < -0.4 is 0 Å². The van der Waals surface area contributed by atoms with Crippen molar-refractivity contribution in [2.75, 3.05) is 13.2 Å². The Balaban J connectivity index is 3.71. The molecule has 1 amide bonds. The standard InChI is InChI=1S/C17H35NO2/c1-4-7-9-10-11-12-13-14-17(19)18(15-8-5-2)20-16-6-3/h4-16H2,1-3H3. The average Bonchev–Trinajstić information content (AvgIpc) is 2.46. The van der Waals surface area contributed by atoms with E-state index in [-0.39, 0.29) is 5.91 Å². The van der Waals surface area contributed by atoms with E-state index in [0.29, 0.717) is 13.0 Å². The van der Waals surface area contributed by atoms with Crippen LogP contribution in [0.4, 0.5) is 0 Å². The SMILES string of the molecule is CCCCCCCCCC(=O)N(CCCC)OCCC. The second-order valence-corrected chi connectivity index (χ2v) is 5.55. The first-order chi connectivity index (χ1) is 9.76. The van der Waals surface area contributed by atoms with Crippen molar-refractivity contribution >= 4 is 5.91 Å². The summed E-state index contributed by atoms with van der Waals surface area (Å²) in [4.78, 5) is 17.6. The molecule has 0 aromatic heterocycles. The van der Waals surface area contributed by atoms with Crippen LogP contribution in [0.15, 0.2) is 0 Å². The van der Waals surface area contributed by atoms with Gasteiger partial charge in [-0.15, -0.1) is 0 Å². The summed E-state index contributed by atoms with van der Waals surface area (Å²) in [7, 11) is 0. The molecule has 20 heavy (non-hydrogen) atoms. The van der Waals surface area contributed by atoms with Crippen molar-refractivity contribution in [3.8, 4) is 0 Å². The molecule has 0 aliphatic carbocycles. The van der Waals surface area contributed by atoms with Gasteiger partial charge in [0.25, 0.3) is 0 Å². The number of rotatable bonds is 14. The summed E-state index contributed by atoms with van der Waals surface area (Å²) in [6.45, 7) is 7.83. The van der Waals surface area contributed by atoms with E-state index in [2.05, 4.69) is 20.8 Å². The topological polar surface area (TPSA) is 29.5 Å². The van der Waals surface area contributed by atoms with Crippen LogP contribution in [-0.2, 0) is 9.63 Å². The van der Waals surface area contributed by atoms with Crippen LogP contribution in [0.25, 0.3) is 0 Å². The summed E-state index contributed by atoms with van der Waals surface area (Å²) < 4.78 is 0. The molecule has 120 valence electrons. The fourth-order valence-corrected chi connectivity index (χ4v) is 2.12. The fourth-order valence-electron chi connectivity index (χ4n) is 2.12. The van der Waals surface area contributed by atoms with Crippen molar-refractivity contribution in [2.24, 2.45) is 0 Å². The van der Waals surface area contributed by atoms with Crippen molar-refractivity contribution in [1.82, 2.24) is 5.06 Å². The van der Waals surface area contributed by atoms with Gasteiger partial charge in [-0.1, -0.05) is 65.7 Å². The molecule has 3 nitrogen and oxygen atoms in total. The molecule has 0 heterocycles. The molecule has 0 aromatic carbocycles. The maximum absolute atomic E-state index is 12.1. The minimum atomic E-state index is 0.167. The maximum Gasteiger partial charge on any atom is 0.246 e. The summed E-state index contributed by atoms with van der Waals surface area (Å²) in [5.41, 5.74) is 0. The van der Waals surface area contributed by atoms with E-state index in [0.717, 1.165) is 32.2 Å². The maximum atomic E-state index is 12.1. The summed E-state index contributed by atoms with van der Waals surface area (Å²) >= 11 is 0. The summed E-state index contributed by atoms with van der Waals surface area (Å²) in [6, 6.07) is 0. The van der Waals surface area contributed by atoms with E-state index in [1.807, 2.05) is 0 Å². The van der Waals surface area contributed by atoms with E-state index in [1.54, 1.807) is 5.06 Å². The van der Waals surface area contributed by atoms with Crippen LogP contribution >= 0.6 is 0 Å². The van der Waals surface area contributed by atoms with Crippen LogP contribution in [0.1, 0.15) is 91.4 Å². The number of carbonyl (C=O) groups excluding carboxylic acids is 1. The molecule has 0 aliphatic heterocycles. The molecular weight excluding hydrogens is 250 g/mol. The Labute approximate surface area is 126 Å². The summed E-state index contributed by atoms with van der Waals surface area (Å²) in [5.74, 6) is 0.167. The smallest absolute Gasteiger partial charge is 0.246 e. The zero-order valence-corrected chi connectivity index (χ0v) is 14.0. The highest BCUT2D eigenvalue weighted by Gasteiger charge is 2.12. The number of hydrogen-bond acceptors (Lipinski definition) is 2. The number of hydrogen-bond donors (Lipinski definition) is 0. The molecule has 0 fully saturated rings. The van der Waals surface area contributed by atoms with Gasteiger partial charge in [-0.2, -0.15) is 0 Å². The van der Waals surface area contributed by atoms with E-state index >= 15 is 0 Å². The zero-order valence-electron chi connectivity index (χ0n) is 14.0. The largest absolute Gasteiger partial charge is 0.273 e. The van der Waals surface area contributed by atoms with Gasteiger partial charge in [0.2, 0.25) is 5.91 Å². The van der Waals surface area contributed by atoms with Crippen LogP contribution in [-0.4, -0.2) is 24.1 Å². The monoisotopic (exact) mass is 285 g/mol. The number of carbonyl (C=O) groups is 1. The molecule has 0 bridgehead atoms.